The largest absolute Gasteiger partial charge is 0.355 e. The van der Waals surface area contributed by atoms with Gasteiger partial charge in [-0.3, -0.25) is 4.79 Å². The van der Waals surface area contributed by atoms with Crippen molar-refractivity contribution in [2.24, 2.45) is 5.92 Å². The Morgan fingerprint density at radius 3 is 2.19 bits per heavy atom. The van der Waals surface area contributed by atoms with Crippen LogP contribution in [0, 0.1) is 5.92 Å². The van der Waals surface area contributed by atoms with E-state index in [-0.39, 0.29) is 5.91 Å². The summed E-state index contributed by atoms with van der Waals surface area (Å²) >= 11 is 24.5. The fourth-order valence-electron chi connectivity index (χ4n) is 1.58. The first-order valence-corrected chi connectivity index (χ1v) is 9.22. The van der Waals surface area contributed by atoms with Gasteiger partial charge in [0.1, 0.15) is 9.69 Å². The second-order valence-electron chi connectivity index (χ2n) is 5.31. The van der Waals surface area contributed by atoms with Crippen LogP contribution in [0.2, 0.25) is 0 Å². The van der Waals surface area contributed by atoms with Gasteiger partial charge >= 0.3 is 0 Å². The molecule has 0 spiro atoms. The van der Waals surface area contributed by atoms with Crippen LogP contribution in [0.3, 0.4) is 0 Å². The minimum atomic E-state index is -1.63. The number of nitrogens with one attached hydrogen (secondary N) is 1. The van der Waals surface area contributed by atoms with Crippen molar-refractivity contribution in [2.45, 2.75) is 56.2 Å². The molecule has 21 heavy (non-hydrogen) atoms. The molecule has 0 aromatic rings. The lowest BCUT2D eigenvalue weighted by molar-refractivity contribution is -0.119. The van der Waals surface area contributed by atoms with Crippen molar-refractivity contribution in [3.8, 4) is 0 Å². The molecule has 1 amide bonds. The molecule has 0 saturated carbocycles. The van der Waals surface area contributed by atoms with Crippen LogP contribution < -0.4 is 5.32 Å². The highest BCUT2D eigenvalue weighted by Gasteiger charge is 2.36. The summed E-state index contributed by atoms with van der Waals surface area (Å²) in [6.45, 7) is 10.7. The van der Waals surface area contributed by atoms with Crippen LogP contribution in [-0.2, 0) is 4.79 Å². The third-order valence-electron chi connectivity index (χ3n) is 2.77. The monoisotopic (exact) mass is 392 g/mol. The standard InChI is InChI=1S/C13H23Cl3N2OS2/c1-6-9(4)18(7-8(2)3)12(20)21-11(13(14,15)16)17-10(5)19/h8-9,11H,6-7H2,1-5H3,(H,17,19)/t9-,11+/m0/s1. The van der Waals surface area contributed by atoms with Crippen molar-refractivity contribution >= 4 is 69.0 Å². The number of thiocarbonyl (C=S) groups is 1. The van der Waals surface area contributed by atoms with Crippen molar-refractivity contribution in [1.29, 1.82) is 0 Å². The van der Waals surface area contributed by atoms with E-state index in [1.807, 2.05) is 0 Å². The van der Waals surface area contributed by atoms with Gasteiger partial charge in [0.15, 0.2) is 0 Å². The van der Waals surface area contributed by atoms with Crippen LogP contribution in [0.1, 0.15) is 41.0 Å². The van der Waals surface area contributed by atoms with Crippen LogP contribution >= 0.6 is 58.8 Å². The Morgan fingerprint density at radius 2 is 1.86 bits per heavy atom. The molecule has 1 N–H and O–H groups in total. The van der Waals surface area contributed by atoms with E-state index >= 15 is 0 Å². The summed E-state index contributed by atoms with van der Waals surface area (Å²) in [4.78, 5) is 13.4. The number of halogens is 3. The maximum absolute atomic E-state index is 11.3. The van der Waals surface area contributed by atoms with Crippen molar-refractivity contribution in [3.05, 3.63) is 0 Å². The Labute approximate surface area is 152 Å². The molecular weight excluding hydrogens is 371 g/mol. The van der Waals surface area contributed by atoms with Crippen molar-refractivity contribution in [1.82, 2.24) is 10.2 Å². The molecule has 2 atom stereocenters. The molecule has 0 aliphatic heterocycles. The molecule has 0 heterocycles. The number of hydrogen-bond donors (Lipinski definition) is 1. The number of nitrogens with zero attached hydrogens (tertiary/aromatic N) is 1. The van der Waals surface area contributed by atoms with E-state index < -0.39 is 9.17 Å². The van der Waals surface area contributed by atoms with E-state index in [4.69, 9.17) is 47.0 Å². The zero-order chi connectivity index (χ0) is 16.8. The first kappa shape index (κ1) is 21.6. The average Bonchev–Trinajstić information content (AvgIpc) is 2.32. The van der Waals surface area contributed by atoms with Gasteiger partial charge in [-0.25, -0.2) is 0 Å². The lowest BCUT2D eigenvalue weighted by Gasteiger charge is -2.34. The zero-order valence-corrected chi connectivity index (χ0v) is 16.9. The summed E-state index contributed by atoms with van der Waals surface area (Å²) in [5.41, 5.74) is 0. The summed E-state index contributed by atoms with van der Waals surface area (Å²) in [5.74, 6) is 0.199. The van der Waals surface area contributed by atoms with Crippen LogP contribution in [-0.4, -0.2) is 36.9 Å². The molecule has 0 bridgehead atoms. The van der Waals surface area contributed by atoms with Crippen molar-refractivity contribution < 1.29 is 4.79 Å². The highest BCUT2D eigenvalue weighted by molar-refractivity contribution is 8.23. The molecule has 0 radical (unpaired) electrons. The zero-order valence-electron chi connectivity index (χ0n) is 13.0. The molecule has 124 valence electrons. The first-order valence-electron chi connectivity index (χ1n) is 6.80. The highest BCUT2D eigenvalue weighted by Crippen LogP contribution is 2.37. The highest BCUT2D eigenvalue weighted by atomic mass is 35.6. The van der Waals surface area contributed by atoms with Gasteiger partial charge in [-0.05, 0) is 19.3 Å². The van der Waals surface area contributed by atoms with E-state index in [2.05, 4.69) is 37.9 Å². The molecule has 0 unspecified atom stereocenters. The normalized spacial score (nSPS) is 14.7. The Hall–Kier alpha value is 0.580. The maximum Gasteiger partial charge on any atom is 0.220 e. The van der Waals surface area contributed by atoms with E-state index in [0.29, 0.717) is 16.3 Å². The fraction of sp³-hybridized carbons (Fsp3) is 0.846. The number of alkyl halides is 3. The Kier molecular flexibility index (Phi) is 9.93. The predicted octanol–water partition coefficient (Wildman–Crippen LogP) is 4.59. The number of carbonyl (C=O) groups excluding carboxylic acids is 1. The number of thioether (sulfide) groups is 1. The first-order chi connectivity index (χ1) is 9.48. The van der Waals surface area contributed by atoms with Gasteiger partial charge in [0.2, 0.25) is 9.70 Å². The van der Waals surface area contributed by atoms with E-state index in [1.54, 1.807) is 0 Å². The molecule has 0 saturated heterocycles. The number of hydrogen-bond acceptors (Lipinski definition) is 3. The minimum absolute atomic E-state index is 0.263. The van der Waals surface area contributed by atoms with Gasteiger partial charge in [-0.1, -0.05) is 79.6 Å². The lowest BCUT2D eigenvalue weighted by atomic mass is 10.1. The molecule has 0 fully saturated rings. The molecule has 8 heteroatoms. The van der Waals surface area contributed by atoms with Crippen LogP contribution in [0.4, 0.5) is 0 Å². The van der Waals surface area contributed by atoms with Crippen molar-refractivity contribution in [2.75, 3.05) is 6.54 Å². The quantitative estimate of drug-likeness (QED) is 0.406. The Balaban J connectivity index is 5.02. The SMILES string of the molecule is CC[C@H](C)N(CC(C)C)C(=S)S[C@@H](NC(C)=O)C(Cl)(Cl)Cl. The molecular formula is C13H23Cl3N2OS2. The number of carbonyl (C=O) groups is 1. The van der Waals surface area contributed by atoms with Gasteiger partial charge in [0.05, 0.1) is 0 Å². The van der Waals surface area contributed by atoms with E-state index in [0.717, 1.165) is 13.0 Å². The van der Waals surface area contributed by atoms with Crippen LogP contribution in [0.25, 0.3) is 0 Å². The molecule has 0 aliphatic carbocycles. The predicted molar refractivity (Wildman–Crippen MR) is 99.4 cm³/mol. The molecule has 3 nitrogen and oxygen atoms in total. The average molecular weight is 394 g/mol. The van der Waals surface area contributed by atoms with Gasteiger partial charge in [0.25, 0.3) is 0 Å². The minimum Gasteiger partial charge on any atom is -0.355 e. The summed E-state index contributed by atoms with van der Waals surface area (Å²) in [6, 6.07) is 0.292. The van der Waals surface area contributed by atoms with Crippen LogP contribution in [0.15, 0.2) is 0 Å². The van der Waals surface area contributed by atoms with E-state index in [1.165, 1.54) is 18.7 Å². The molecule has 0 aliphatic rings. The molecule has 0 aromatic carbocycles. The Morgan fingerprint density at radius 1 is 1.33 bits per heavy atom. The van der Waals surface area contributed by atoms with Crippen molar-refractivity contribution in [3.63, 3.8) is 0 Å². The lowest BCUT2D eigenvalue weighted by Crippen LogP contribution is -2.45. The van der Waals surface area contributed by atoms with Gasteiger partial charge < -0.3 is 10.2 Å². The number of rotatable bonds is 6. The summed E-state index contributed by atoms with van der Waals surface area (Å²) in [6.07, 6.45) is 0.964. The third kappa shape index (κ3) is 8.70. The van der Waals surface area contributed by atoms with Crippen LogP contribution in [0.5, 0.6) is 0 Å². The van der Waals surface area contributed by atoms with Gasteiger partial charge in [-0.15, -0.1) is 0 Å². The van der Waals surface area contributed by atoms with Gasteiger partial charge in [-0.2, -0.15) is 0 Å². The summed E-state index contributed by atoms with van der Waals surface area (Å²) < 4.78 is -0.998. The number of amides is 1. The molecule has 0 rings (SSSR count). The summed E-state index contributed by atoms with van der Waals surface area (Å²) in [7, 11) is 0. The maximum atomic E-state index is 11.3. The topological polar surface area (TPSA) is 32.3 Å². The second-order valence-corrected chi connectivity index (χ2v) is 9.42. The molecule has 0 aromatic heterocycles. The Bertz CT molecular complexity index is 362. The second kappa shape index (κ2) is 9.66. The van der Waals surface area contributed by atoms with Gasteiger partial charge in [0, 0.05) is 19.5 Å². The summed E-state index contributed by atoms with van der Waals surface area (Å²) in [5, 5.41) is 1.91. The smallest absolute Gasteiger partial charge is 0.220 e. The fourth-order valence-corrected chi connectivity index (χ4v) is 3.64. The third-order valence-corrected chi connectivity index (χ3v) is 5.48. The van der Waals surface area contributed by atoms with E-state index in [9.17, 15) is 4.79 Å².